The van der Waals surface area contributed by atoms with E-state index >= 15 is 0 Å². The van der Waals surface area contributed by atoms with Gasteiger partial charge >= 0.3 is 0 Å². The molecule has 0 saturated heterocycles. The number of carbonyl (C=O) groups excluding carboxylic acids is 4. The monoisotopic (exact) mass is 414 g/mol. The van der Waals surface area contributed by atoms with Gasteiger partial charge in [-0.05, 0) is 29.8 Å². The third kappa shape index (κ3) is 4.04. The number of hydrogen-bond donors (Lipinski definition) is 2. The molecule has 8 heteroatoms. The van der Waals surface area contributed by atoms with E-state index in [0.29, 0.717) is 0 Å². The molecule has 0 saturated carbocycles. The molecule has 2 N–H and O–H groups in total. The number of carbonyl (C=O) groups is 4. The van der Waals surface area contributed by atoms with Gasteiger partial charge in [0.05, 0.1) is 16.7 Å². The average molecular weight is 414 g/mol. The number of imide groups is 1. The van der Waals surface area contributed by atoms with Crippen LogP contribution in [0, 0.1) is 0 Å². The maximum absolute atomic E-state index is 13.0. The molecule has 154 valence electrons. The molecule has 4 amide bonds. The van der Waals surface area contributed by atoms with Gasteiger partial charge in [-0.25, -0.2) is 0 Å². The predicted octanol–water partition coefficient (Wildman–Crippen LogP) is 1.75. The summed E-state index contributed by atoms with van der Waals surface area (Å²) in [6.45, 7) is 0. The van der Waals surface area contributed by atoms with Gasteiger partial charge in [0.25, 0.3) is 23.6 Å². The first-order valence-electron chi connectivity index (χ1n) is 9.57. The van der Waals surface area contributed by atoms with Crippen LogP contribution in [-0.2, 0) is 11.2 Å². The van der Waals surface area contributed by atoms with E-state index in [9.17, 15) is 19.2 Å². The molecular weight excluding hydrogens is 396 g/mol. The van der Waals surface area contributed by atoms with Crippen LogP contribution in [-0.4, -0.2) is 39.6 Å². The Morgan fingerprint density at radius 2 is 1.48 bits per heavy atom. The highest BCUT2D eigenvalue weighted by Crippen LogP contribution is 2.26. The fourth-order valence-electron chi connectivity index (χ4n) is 3.40. The van der Waals surface area contributed by atoms with Crippen molar-refractivity contribution in [1.82, 2.24) is 20.7 Å². The maximum Gasteiger partial charge on any atom is 0.271 e. The molecule has 0 spiro atoms. The number of fused-ring (bicyclic) bond motifs is 1. The lowest BCUT2D eigenvalue weighted by Gasteiger charge is -2.25. The van der Waals surface area contributed by atoms with E-state index in [-0.39, 0.29) is 23.1 Å². The quantitative estimate of drug-likeness (QED) is 0.488. The first kappa shape index (κ1) is 20.0. The van der Waals surface area contributed by atoms with Crippen molar-refractivity contribution in [2.45, 2.75) is 12.5 Å². The molecule has 1 aliphatic rings. The van der Waals surface area contributed by atoms with Crippen molar-refractivity contribution in [3.63, 3.8) is 0 Å². The van der Waals surface area contributed by atoms with Crippen LogP contribution < -0.4 is 10.9 Å². The summed E-state index contributed by atoms with van der Waals surface area (Å²) in [5.41, 5.74) is 6.16. The molecule has 8 nitrogen and oxygen atoms in total. The van der Waals surface area contributed by atoms with Crippen molar-refractivity contribution in [3.8, 4) is 0 Å². The van der Waals surface area contributed by atoms with E-state index in [4.69, 9.17) is 0 Å². The van der Waals surface area contributed by atoms with Crippen molar-refractivity contribution >= 4 is 23.6 Å². The highest BCUT2D eigenvalue weighted by molar-refractivity contribution is 6.22. The number of pyridine rings is 1. The lowest BCUT2D eigenvalue weighted by Crippen LogP contribution is -2.54. The molecule has 2 aromatic carbocycles. The van der Waals surface area contributed by atoms with Crippen LogP contribution in [0.25, 0.3) is 0 Å². The summed E-state index contributed by atoms with van der Waals surface area (Å²) >= 11 is 0. The number of hydrogen-bond acceptors (Lipinski definition) is 5. The minimum Gasteiger partial charge on any atom is -0.271 e. The van der Waals surface area contributed by atoms with Crippen LogP contribution in [0.5, 0.6) is 0 Å². The van der Waals surface area contributed by atoms with Crippen LogP contribution in [0.2, 0.25) is 0 Å². The highest BCUT2D eigenvalue weighted by Gasteiger charge is 2.42. The second kappa shape index (κ2) is 8.58. The SMILES string of the molecule is O=C(NNC(=O)[C@H](Cc1ccccc1)N1C(=O)c2ccccc2C1=O)c1cccnc1. The summed E-state index contributed by atoms with van der Waals surface area (Å²) in [7, 11) is 0. The minimum atomic E-state index is -1.15. The number of aromatic nitrogens is 1. The Morgan fingerprint density at radius 1 is 0.839 bits per heavy atom. The van der Waals surface area contributed by atoms with Gasteiger partial charge in [-0.3, -0.25) is 39.9 Å². The Labute approximate surface area is 177 Å². The van der Waals surface area contributed by atoms with Gasteiger partial charge in [-0.1, -0.05) is 42.5 Å². The predicted molar refractivity (Wildman–Crippen MR) is 111 cm³/mol. The van der Waals surface area contributed by atoms with Gasteiger partial charge in [0.2, 0.25) is 0 Å². The van der Waals surface area contributed by atoms with Crippen LogP contribution >= 0.6 is 0 Å². The lowest BCUT2D eigenvalue weighted by molar-refractivity contribution is -0.125. The summed E-state index contributed by atoms with van der Waals surface area (Å²) in [5, 5.41) is 0. The molecule has 0 aliphatic carbocycles. The second-order valence-corrected chi connectivity index (χ2v) is 6.92. The Hall–Kier alpha value is -4.33. The maximum atomic E-state index is 13.0. The van der Waals surface area contributed by atoms with Gasteiger partial charge in [0, 0.05) is 18.8 Å². The third-order valence-electron chi connectivity index (χ3n) is 4.93. The van der Waals surface area contributed by atoms with Gasteiger partial charge in [-0.15, -0.1) is 0 Å². The molecule has 2 heterocycles. The second-order valence-electron chi connectivity index (χ2n) is 6.92. The van der Waals surface area contributed by atoms with Crippen molar-refractivity contribution in [1.29, 1.82) is 0 Å². The molecule has 1 atom stereocenters. The van der Waals surface area contributed by atoms with E-state index in [1.807, 2.05) is 6.07 Å². The fraction of sp³-hybridized carbons (Fsp3) is 0.0870. The molecule has 3 aromatic rings. The van der Waals surface area contributed by atoms with Crippen molar-refractivity contribution in [3.05, 3.63) is 101 Å². The van der Waals surface area contributed by atoms with Crippen molar-refractivity contribution < 1.29 is 19.2 Å². The zero-order valence-corrected chi connectivity index (χ0v) is 16.3. The first-order valence-corrected chi connectivity index (χ1v) is 9.57. The molecule has 0 fully saturated rings. The van der Waals surface area contributed by atoms with E-state index < -0.39 is 29.7 Å². The molecule has 31 heavy (non-hydrogen) atoms. The topological polar surface area (TPSA) is 108 Å². The summed E-state index contributed by atoms with van der Waals surface area (Å²) in [6.07, 6.45) is 2.97. The van der Waals surface area contributed by atoms with E-state index in [1.165, 1.54) is 12.4 Å². The third-order valence-corrected chi connectivity index (χ3v) is 4.93. The smallest absolute Gasteiger partial charge is 0.271 e. The van der Waals surface area contributed by atoms with Crippen LogP contribution in [0.4, 0.5) is 0 Å². The number of rotatable bonds is 5. The zero-order chi connectivity index (χ0) is 21.8. The Bertz CT molecular complexity index is 1110. The molecule has 0 bridgehead atoms. The normalized spacial score (nSPS) is 13.5. The van der Waals surface area contributed by atoms with Gasteiger partial charge in [-0.2, -0.15) is 0 Å². The van der Waals surface area contributed by atoms with Crippen LogP contribution in [0.1, 0.15) is 36.6 Å². The van der Waals surface area contributed by atoms with E-state index in [1.54, 1.807) is 60.7 Å². The van der Waals surface area contributed by atoms with Gasteiger partial charge < -0.3 is 0 Å². The number of nitrogens with one attached hydrogen (secondary N) is 2. The highest BCUT2D eigenvalue weighted by atomic mass is 16.2. The summed E-state index contributed by atoms with van der Waals surface area (Å²) in [4.78, 5) is 55.9. The Morgan fingerprint density at radius 3 is 2.10 bits per heavy atom. The number of benzene rings is 2. The number of amides is 4. The van der Waals surface area contributed by atoms with Crippen molar-refractivity contribution in [2.75, 3.05) is 0 Å². The molecule has 4 rings (SSSR count). The molecule has 0 radical (unpaired) electrons. The largest absolute Gasteiger partial charge is 0.271 e. The Kier molecular flexibility index (Phi) is 5.53. The fourth-order valence-corrected chi connectivity index (χ4v) is 3.40. The number of hydrazine groups is 1. The summed E-state index contributed by atoms with van der Waals surface area (Å²) in [6, 6.07) is 17.4. The Balaban J connectivity index is 1.58. The van der Waals surface area contributed by atoms with E-state index in [2.05, 4.69) is 15.8 Å². The summed E-state index contributed by atoms with van der Waals surface area (Å²) < 4.78 is 0. The molecule has 1 aromatic heterocycles. The summed E-state index contributed by atoms with van der Waals surface area (Å²) in [5.74, 6) is -2.34. The van der Waals surface area contributed by atoms with Crippen LogP contribution in [0.15, 0.2) is 79.1 Å². The van der Waals surface area contributed by atoms with E-state index in [0.717, 1.165) is 10.5 Å². The average Bonchev–Trinajstić information content (AvgIpc) is 3.07. The first-order chi connectivity index (χ1) is 15.1. The molecule has 1 aliphatic heterocycles. The minimum absolute atomic E-state index is 0.0981. The zero-order valence-electron chi connectivity index (χ0n) is 16.3. The molecule has 0 unspecified atom stereocenters. The molecular formula is C23H18N4O4. The number of nitrogens with zero attached hydrogens (tertiary/aromatic N) is 2. The van der Waals surface area contributed by atoms with Gasteiger partial charge in [0.15, 0.2) is 0 Å². The standard InChI is InChI=1S/C23H18N4O4/c28-20(16-9-6-12-24-14-16)25-26-21(29)19(13-15-7-2-1-3-8-15)27-22(30)17-10-4-5-11-18(17)23(27)31/h1-12,14,19H,13H2,(H,25,28)(H,26,29)/t19-/m0/s1. The van der Waals surface area contributed by atoms with Crippen LogP contribution in [0.3, 0.4) is 0 Å². The van der Waals surface area contributed by atoms with Crippen molar-refractivity contribution in [2.24, 2.45) is 0 Å². The van der Waals surface area contributed by atoms with Gasteiger partial charge in [0.1, 0.15) is 6.04 Å². The lowest BCUT2D eigenvalue weighted by atomic mass is 10.0.